The van der Waals surface area contributed by atoms with Gasteiger partial charge in [0.25, 0.3) is 0 Å². The van der Waals surface area contributed by atoms with E-state index in [2.05, 4.69) is 60.0 Å². The van der Waals surface area contributed by atoms with Crippen LogP contribution in [-0.4, -0.2) is 61.7 Å². The molecule has 1 aliphatic carbocycles. The first-order valence-corrected chi connectivity index (χ1v) is 9.27. The number of hydrogen-bond donors (Lipinski definition) is 1. The van der Waals surface area contributed by atoms with Crippen LogP contribution in [0.1, 0.15) is 32.6 Å². The van der Waals surface area contributed by atoms with Gasteiger partial charge in [-0.25, -0.2) is 0 Å². The molecule has 2 saturated heterocycles. The van der Waals surface area contributed by atoms with Crippen LogP contribution in [0.5, 0.6) is 0 Å². The molecule has 0 aromatic carbocycles. The van der Waals surface area contributed by atoms with E-state index in [-0.39, 0.29) is 0 Å². The average Bonchev–Trinajstić information content (AvgIpc) is 2.53. The van der Waals surface area contributed by atoms with Gasteiger partial charge < -0.3 is 10.2 Å². The molecule has 1 spiro atoms. The Hall–Kier alpha value is -0.900. The Labute approximate surface area is 142 Å². The zero-order valence-corrected chi connectivity index (χ0v) is 14.9. The quantitative estimate of drug-likeness (QED) is 0.805. The largest absolute Gasteiger partial charge is 0.317 e. The first kappa shape index (κ1) is 16.9. The van der Waals surface area contributed by atoms with E-state index in [0.29, 0.717) is 11.5 Å². The Balaban J connectivity index is 1.63. The van der Waals surface area contributed by atoms with E-state index in [1.54, 1.807) is 0 Å². The molecule has 2 aliphatic heterocycles. The molecule has 1 unspecified atom stereocenters. The summed E-state index contributed by atoms with van der Waals surface area (Å²) in [6.07, 6.45) is 14.1. The topological polar surface area (TPSA) is 18.5 Å². The summed E-state index contributed by atoms with van der Waals surface area (Å²) in [7, 11) is 2.24. The predicted molar refractivity (Wildman–Crippen MR) is 98.6 cm³/mol. The molecule has 3 aliphatic rings. The van der Waals surface area contributed by atoms with Crippen molar-refractivity contribution in [3.05, 3.63) is 36.5 Å². The van der Waals surface area contributed by atoms with Crippen LogP contribution in [0.2, 0.25) is 0 Å². The van der Waals surface area contributed by atoms with Crippen LogP contribution in [0.15, 0.2) is 36.5 Å². The number of likely N-dealkylation sites (N-methyl/N-ethyl adjacent to an activating group) is 1. The summed E-state index contributed by atoms with van der Waals surface area (Å²) >= 11 is 0. The van der Waals surface area contributed by atoms with Crippen molar-refractivity contribution in [1.82, 2.24) is 15.1 Å². The molecule has 0 bridgehead atoms. The van der Waals surface area contributed by atoms with Gasteiger partial charge in [0.05, 0.1) is 0 Å². The van der Waals surface area contributed by atoms with Gasteiger partial charge in [0.2, 0.25) is 0 Å². The SMILES string of the molecule is C=C(/C=C\C=C/C)C1CN(C)CCN1C1CC2(CCNCC2)C1. The molecule has 23 heavy (non-hydrogen) atoms. The molecule has 0 aromatic rings. The van der Waals surface area contributed by atoms with Crippen molar-refractivity contribution < 1.29 is 0 Å². The van der Waals surface area contributed by atoms with E-state index >= 15 is 0 Å². The summed E-state index contributed by atoms with van der Waals surface area (Å²) in [5.41, 5.74) is 1.92. The van der Waals surface area contributed by atoms with Gasteiger partial charge in [-0.3, -0.25) is 4.90 Å². The minimum absolute atomic E-state index is 0.485. The Morgan fingerprint density at radius 1 is 1.17 bits per heavy atom. The summed E-state index contributed by atoms with van der Waals surface area (Å²) in [6.45, 7) is 12.4. The highest BCUT2D eigenvalue weighted by Crippen LogP contribution is 2.50. The highest BCUT2D eigenvalue weighted by Gasteiger charge is 2.48. The van der Waals surface area contributed by atoms with E-state index in [0.717, 1.165) is 12.6 Å². The van der Waals surface area contributed by atoms with Crippen LogP contribution in [0.25, 0.3) is 0 Å². The van der Waals surface area contributed by atoms with Gasteiger partial charge in [-0.05, 0) is 63.7 Å². The molecule has 3 rings (SSSR count). The summed E-state index contributed by atoms with van der Waals surface area (Å²) in [4.78, 5) is 5.21. The molecule has 3 fully saturated rings. The number of rotatable bonds is 4. The minimum atomic E-state index is 0.485. The molecule has 128 valence electrons. The van der Waals surface area contributed by atoms with Crippen molar-refractivity contribution in [3.8, 4) is 0 Å². The third kappa shape index (κ3) is 3.78. The minimum Gasteiger partial charge on any atom is -0.317 e. The van der Waals surface area contributed by atoms with Crippen molar-refractivity contribution in [2.45, 2.75) is 44.7 Å². The maximum atomic E-state index is 4.38. The van der Waals surface area contributed by atoms with Gasteiger partial charge in [-0.15, -0.1) is 0 Å². The smallest absolute Gasteiger partial charge is 0.0472 e. The maximum absolute atomic E-state index is 4.38. The van der Waals surface area contributed by atoms with Gasteiger partial charge in [0.1, 0.15) is 0 Å². The van der Waals surface area contributed by atoms with E-state index in [1.807, 2.05) is 0 Å². The van der Waals surface area contributed by atoms with Crippen LogP contribution in [0, 0.1) is 5.41 Å². The molecule has 1 atom stereocenters. The first-order chi connectivity index (χ1) is 11.1. The van der Waals surface area contributed by atoms with Crippen LogP contribution in [0.3, 0.4) is 0 Å². The standard InChI is InChI=1S/C20H33N3/c1-4-5-6-7-17(2)19-16-22(3)12-13-23(19)18-14-20(15-18)8-10-21-11-9-20/h4-7,18-19,21H,2,8-16H2,1,3H3/b5-4-,7-6-. The van der Waals surface area contributed by atoms with Gasteiger partial charge >= 0.3 is 0 Å². The second kappa shape index (κ2) is 7.33. The molecule has 0 radical (unpaired) electrons. The Bertz CT molecular complexity index is 465. The monoisotopic (exact) mass is 315 g/mol. The lowest BCUT2D eigenvalue weighted by molar-refractivity contribution is -0.0513. The van der Waals surface area contributed by atoms with E-state index in [4.69, 9.17) is 0 Å². The lowest BCUT2D eigenvalue weighted by Crippen LogP contribution is -2.62. The summed E-state index contributed by atoms with van der Waals surface area (Å²) in [5.74, 6) is 0. The van der Waals surface area contributed by atoms with Gasteiger partial charge in [-0.2, -0.15) is 0 Å². The van der Waals surface area contributed by atoms with Crippen LogP contribution < -0.4 is 5.32 Å². The lowest BCUT2D eigenvalue weighted by atomic mass is 9.60. The fraction of sp³-hybridized carbons (Fsp3) is 0.700. The van der Waals surface area contributed by atoms with Crippen molar-refractivity contribution in [3.63, 3.8) is 0 Å². The molecule has 2 heterocycles. The van der Waals surface area contributed by atoms with Crippen molar-refractivity contribution in [2.75, 3.05) is 39.8 Å². The summed E-state index contributed by atoms with van der Waals surface area (Å²) < 4.78 is 0. The number of piperidine rings is 1. The van der Waals surface area contributed by atoms with Crippen LogP contribution in [0.4, 0.5) is 0 Å². The molecule has 1 saturated carbocycles. The third-order valence-corrected chi connectivity index (χ3v) is 6.14. The normalized spacial score (nSPS) is 30.3. The molecule has 3 nitrogen and oxygen atoms in total. The Morgan fingerprint density at radius 2 is 1.91 bits per heavy atom. The first-order valence-electron chi connectivity index (χ1n) is 9.27. The van der Waals surface area contributed by atoms with Gasteiger partial charge in [0, 0.05) is 31.7 Å². The molecular weight excluding hydrogens is 282 g/mol. The Kier molecular flexibility index (Phi) is 5.40. The van der Waals surface area contributed by atoms with E-state index in [1.165, 1.54) is 57.4 Å². The molecule has 0 amide bonds. The van der Waals surface area contributed by atoms with Crippen LogP contribution in [-0.2, 0) is 0 Å². The maximum Gasteiger partial charge on any atom is 0.0472 e. The predicted octanol–water partition coefficient (Wildman–Crippen LogP) is 2.82. The number of nitrogens with one attached hydrogen (secondary N) is 1. The van der Waals surface area contributed by atoms with Crippen molar-refractivity contribution in [1.29, 1.82) is 0 Å². The van der Waals surface area contributed by atoms with Gasteiger partial charge in [0.15, 0.2) is 0 Å². The lowest BCUT2D eigenvalue weighted by Gasteiger charge is -2.57. The zero-order valence-electron chi connectivity index (χ0n) is 14.9. The van der Waals surface area contributed by atoms with Crippen molar-refractivity contribution >= 4 is 0 Å². The highest BCUT2D eigenvalue weighted by molar-refractivity contribution is 5.26. The van der Waals surface area contributed by atoms with Crippen LogP contribution >= 0.6 is 0 Å². The Morgan fingerprint density at radius 3 is 2.61 bits per heavy atom. The number of piperazine rings is 1. The number of allylic oxidation sites excluding steroid dienone is 3. The van der Waals surface area contributed by atoms with E-state index < -0.39 is 0 Å². The fourth-order valence-corrected chi connectivity index (χ4v) is 4.64. The third-order valence-electron chi connectivity index (χ3n) is 6.14. The number of nitrogens with zero attached hydrogens (tertiary/aromatic N) is 2. The average molecular weight is 316 g/mol. The molecule has 3 heteroatoms. The zero-order chi connectivity index (χ0) is 16.3. The molecule has 1 N–H and O–H groups in total. The summed E-state index contributed by atoms with van der Waals surface area (Å²) in [5, 5.41) is 3.51. The molecular formula is C20H33N3. The second-order valence-corrected chi connectivity index (χ2v) is 7.79. The highest BCUT2D eigenvalue weighted by atomic mass is 15.3. The second-order valence-electron chi connectivity index (χ2n) is 7.79. The van der Waals surface area contributed by atoms with E-state index in [9.17, 15) is 0 Å². The fourth-order valence-electron chi connectivity index (χ4n) is 4.64. The summed E-state index contributed by atoms with van der Waals surface area (Å²) in [6, 6.07) is 1.26. The number of hydrogen-bond acceptors (Lipinski definition) is 3. The van der Waals surface area contributed by atoms with Crippen molar-refractivity contribution in [2.24, 2.45) is 5.41 Å². The molecule has 0 aromatic heterocycles. The van der Waals surface area contributed by atoms with Gasteiger partial charge in [-0.1, -0.05) is 30.9 Å².